The number of likely N-dealkylation sites (N-methyl/N-ethyl adjacent to an activating group) is 1. The van der Waals surface area contributed by atoms with Crippen LogP contribution in [-0.2, 0) is 4.74 Å². The van der Waals surface area contributed by atoms with E-state index in [9.17, 15) is 4.79 Å². The molecule has 0 aliphatic rings. The van der Waals surface area contributed by atoms with Crippen LogP contribution in [-0.4, -0.2) is 43.7 Å². The van der Waals surface area contributed by atoms with Crippen molar-refractivity contribution in [2.75, 3.05) is 32.8 Å². The number of carbonyl (C=O) groups excluding carboxylic acids is 1. The lowest BCUT2D eigenvalue weighted by Gasteiger charge is -2.21. The Morgan fingerprint density at radius 1 is 1.35 bits per heavy atom. The fraction of sp³-hybridized carbons (Fsp3) is 0.438. The summed E-state index contributed by atoms with van der Waals surface area (Å²) in [6.07, 6.45) is 0. The molecule has 0 aromatic heterocycles. The Balaban J connectivity index is 2.89. The van der Waals surface area contributed by atoms with Gasteiger partial charge in [-0.3, -0.25) is 4.79 Å². The van der Waals surface area contributed by atoms with Crippen molar-refractivity contribution < 1.29 is 9.53 Å². The molecule has 1 rings (SSSR count). The summed E-state index contributed by atoms with van der Waals surface area (Å²) in [7, 11) is 0. The van der Waals surface area contributed by atoms with Crippen LogP contribution < -0.4 is 5.73 Å². The number of nitrogens with zero attached hydrogens (tertiary/aromatic N) is 1. The van der Waals surface area contributed by atoms with Crippen molar-refractivity contribution in [3.63, 3.8) is 0 Å². The standard InChI is InChI=1S/C16H22N2O2/c1-3-18(12-13-20-4-2)16(19)15-10-6-5-8-14(15)9-7-11-17/h5-6,8,10H,3-4,11-13,17H2,1-2H3. The lowest BCUT2D eigenvalue weighted by molar-refractivity contribution is 0.0669. The van der Waals surface area contributed by atoms with Crippen LogP contribution in [0.3, 0.4) is 0 Å². The second-order valence-electron chi connectivity index (χ2n) is 4.13. The zero-order valence-corrected chi connectivity index (χ0v) is 12.2. The summed E-state index contributed by atoms with van der Waals surface area (Å²) in [5, 5.41) is 0. The van der Waals surface area contributed by atoms with E-state index in [2.05, 4.69) is 11.8 Å². The first-order valence-electron chi connectivity index (χ1n) is 6.89. The van der Waals surface area contributed by atoms with Crippen molar-refractivity contribution in [2.45, 2.75) is 13.8 Å². The number of rotatable bonds is 6. The fourth-order valence-electron chi connectivity index (χ4n) is 1.82. The zero-order chi connectivity index (χ0) is 14.8. The molecular formula is C16H22N2O2. The first-order valence-corrected chi connectivity index (χ1v) is 6.89. The van der Waals surface area contributed by atoms with Crippen molar-refractivity contribution in [1.82, 2.24) is 4.90 Å². The monoisotopic (exact) mass is 274 g/mol. The predicted octanol–water partition coefficient (Wildman–Crippen LogP) is 1.50. The highest BCUT2D eigenvalue weighted by atomic mass is 16.5. The van der Waals surface area contributed by atoms with E-state index in [1.807, 2.05) is 32.0 Å². The minimum absolute atomic E-state index is 0.0193. The third-order valence-electron chi connectivity index (χ3n) is 2.86. The number of hydrogen-bond acceptors (Lipinski definition) is 3. The summed E-state index contributed by atoms with van der Waals surface area (Å²) in [5.41, 5.74) is 6.72. The van der Waals surface area contributed by atoms with Gasteiger partial charge in [0.1, 0.15) is 0 Å². The minimum Gasteiger partial charge on any atom is -0.380 e. The van der Waals surface area contributed by atoms with Gasteiger partial charge in [-0.1, -0.05) is 24.0 Å². The second-order valence-corrected chi connectivity index (χ2v) is 4.13. The topological polar surface area (TPSA) is 55.6 Å². The summed E-state index contributed by atoms with van der Waals surface area (Å²) < 4.78 is 5.31. The Morgan fingerprint density at radius 3 is 2.75 bits per heavy atom. The van der Waals surface area contributed by atoms with Gasteiger partial charge in [0.2, 0.25) is 0 Å². The van der Waals surface area contributed by atoms with E-state index in [0.29, 0.717) is 31.9 Å². The molecule has 0 fully saturated rings. The Bertz CT molecular complexity index is 489. The van der Waals surface area contributed by atoms with Crippen LogP contribution in [0.5, 0.6) is 0 Å². The number of nitrogens with two attached hydrogens (primary N) is 1. The lowest BCUT2D eigenvalue weighted by atomic mass is 10.1. The summed E-state index contributed by atoms with van der Waals surface area (Å²) in [4.78, 5) is 14.3. The molecule has 108 valence electrons. The molecule has 4 nitrogen and oxygen atoms in total. The highest BCUT2D eigenvalue weighted by Crippen LogP contribution is 2.11. The molecule has 0 saturated carbocycles. The molecule has 0 radical (unpaired) electrons. The van der Waals surface area contributed by atoms with Gasteiger partial charge in [0.25, 0.3) is 5.91 Å². The Morgan fingerprint density at radius 2 is 2.10 bits per heavy atom. The van der Waals surface area contributed by atoms with Gasteiger partial charge in [0.05, 0.1) is 18.7 Å². The molecule has 0 saturated heterocycles. The maximum Gasteiger partial charge on any atom is 0.255 e. The average molecular weight is 274 g/mol. The van der Waals surface area contributed by atoms with Crippen molar-refractivity contribution in [2.24, 2.45) is 5.73 Å². The van der Waals surface area contributed by atoms with Gasteiger partial charge in [-0.05, 0) is 26.0 Å². The SMILES string of the molecule is CCOCCN(CC)C(=O)c1ccccc1C#CCN. The van der Waals surface area contributed by atoms with E-state index in [0.717, 1.165) is 5.56 Å². The lowest BCUT2D eigenvalue weighted by Crippen LogP contribution is -2.34. The summed E-state index contributed by atoms with van der Waals surface area (Å²) >= 11 is 0. The fourth-order valence-corrected chi connectivity index (χ4v) is 1.82. The third-order valence-corrected chi connectivity index (χ3v) is 2.86. The van der Waals surface area contributed by atoms with Crippen LogP contribution in [0.1, 0.15) is 29.8 Å². The molecular weight excluding hydrogens is 252 g/mol. The first-order chi connectivity index (χ1) is 9.74. The van der Waals surface area contributed by atoms with Crippen LogP contribution in [0, 0.1) is 11.8 Å². The van der Waals surface area contributed by atoms with E-state index in [1.165, 1.54) is 0 Å². The smallest absolute Gasteiger partial charge is 0.255 e. The predicted molar refractivity (Wildman–Crippen MR) is 80.4 cm³/mol. The molecule has 1 aromatic rings. The van der Waals surface area contributed by atoms with Gasteiger partial charge < -0.3 is 15.4 Å². The summed E-state index contributed by atoms with van der Waals surface area (Å²) in [5.74, 6) is 5.72. The van der Waals surface area contributed by atoms with Gasteiger partial charge in [-0.25, -0.2) is 0 Å². The van der Waals surface area contributed by atoms with Crippen molar-refractivity contribution in [3.05, 3.63) is 35.4 Å². The molecule has 1 aromatic carbocycles. The van der Waals surface area contributed by atoms with E-state index < -0.39 is 0 Å². The number of carbonyl (C=O) groups is 1. The molecule has 0 unspecified atom stereocenters. The largest absolute Gasteiger partial charge is 0.380 e. The van der Waals surface area contributed by atoms with Gasteiger partial charge in [-0.15, -0.1) is 0 Å². The van der Waals surface area contributed by atoms with Crippen molar-refractivity contribution in [3.8, 4) is 11.8 Å². The van der Waals surface area contributed by atoms with Crippen LogP contribution in [0.25, 0.3) is 0 Å². The Labute approximate surface area is 120 Å². The normalized spacial score (nSPS) is 9.75. The molecule has 0 aliphatic carbocycles. The molecule has 0 heterocycles. The van der Waals surface area contributed by atoms with Crippen LogP contribution in [0.2, 0.25) is 0 Å². The average Bonchev–Trinajstić information content (AvgIpc) is 2.49. The van der Waals surface area contributed by atoms with Gasteiger partial charge in [0, 0.05) is 25.3 Å². The highest BCUT2D eigenvalue weighted by molar-refractivity contribution is 5.96. The zero-order valence-electron chi connectivity index (χ0n) is 12.2. The third kappa shape index (κ3) is 4.69. The van der Waals surface area contributed by atoms with Crippen molar-refractivity contribution >= 4 is 5.91 Å². The molecule has 1 amide bonds. The van der Waals surface area contributed by atoms with Crippen LogP contribution >= 0.6 is 0 Å². The number of ether oxygens (including phenoxy) is 1. The highest BCUT2D eigenvalue weighted by Gasteiger charge is 2.16. The Kier molecular flexibility index (Phi) is 7.41. The quantitative estimate of drug-likeness (QED) is 0.632. The molecule has 4 heteroatoms. The van der Waals surface area contributed by atoms with Gasteiger partial charge in [-0.2, -0.15) is 0 Å². The van der Waals surface area contributed by atoms with E-state index in [4.69, 9.17) is 10.5 Å². The van der Waals surface area contributed by atoms with Gasteiger partial charge in [0.15, 0.2) is 0 Å². The molecule has 20 heavy (non-hydrogen) atoms. The molecule has 0 spiro atoms. The molecule has 0 aliphatic heterocycles. The maximum absolute atomic E-state index is 12.5. The Hall–Kier alpha value is -1.83. The molecule has 0 atom stereocenters. The second kappa shape index (κ2) is 9.13. The maximum atomic E-state index is 12.5. The number of amides is 1. The summed E-state index contributed by atoms with van der Waals surface area (Å²) in [6, 6.07) is 7.35. The van der Waals surface area contributed by atoms with Gasteiger partial charge >= 0.3 is 0 Å². The molecule has 2 N–H and O–H groups in total. The van der Waals surface area contributed by atoms with E-state index >= 15 is 0 Å². The van der Waals surface area contributed by atoms with Crippen LogP contribution in [0.15, 0.2) is 24.3 Å². The number of hydrogen-bond donors (Lipinski definition) is 1. The van der Waals surface area contributed by atoms with Crippen molar-refractivity contribution in [1.29, 1.82) is 0 Å². The van der Waals surface area contributed by atoms with E-state index in [1.54, 1.807) is 11.0 Å². The molecule has 0 bridgehead atoms. The van der Waals surface area contributed by atoms with E-state index in [-0.39, 0.29) is 12.5 Å². The first kappa shape index (κ1) is 16.2. The minimum atomic E-state index is -0.0193. The van der Waals surface area contributed by atoms with Crippen LogP contribution in [0.4, 0.5) is 0 Å². The number of benzene rings is 1. The summed E-state index contributed by atoms with van der Waals surface area (Å²) in [6.45, 7) is 6.61.